The van der Waals surface area contributed by atoms with Crippen molar-refractivity contribution in [1.29, 1.82) is 0 Å². The highest BCUT2D eigenvalue weighted by Crippen LogP contribution is 2.24. The lowest BCUT2D eigenvalue weighted by atomic mass is 9.87. The Kier molecular flexibility index (Phi) is 4.17. The second kappa shape index (κ2) is 5.07. The summed E-state index contributed by atoms with van der Waals surface area (Å²) in [5.41, 5.74) is 5.85. The zero-order valence-electron chi connectivity index (χ0n) is 11.2. The van der Waals surface area contributed by atoms with Crippen LogP contribution in [0.1, 0.15) is 33.3 Å². The zero-order chi connectivity index (χ0) is 13.1. The van der Waals surface area contributed by atoms with Crippen LogP contribution in [0.3, 0.4) is 0 Å². The van der Waals surface area contributed by atoms with E-state index in [0.717, 1.165) is 5.75 Å². The van der Waals surface area contributed by atoms with E-state index in [2.05, 4.69) is 20.8 Å². The highest BCUT2D eigenvalue weighted by Gasteiger charge is 2.19. The third kappa shape index (κ3) is 4.36. The van der Waals surface area contributed by atoms with E-state index in [9.17, 15) is 5.11 Å². The van der Waals surface area contributed by atoms with Gasteiger partial charge in [-0.2, -0.15) is 0 Å². The monoisotopic (exact) mass is 237 g/mol. The SMILES string of the molecule is CC(O)(CN)COc1ccc(C(C)(C)C)cc1. The Morgan fingerprint density at radius 3 is 2.06 bits per heavy atom. The van der Waals surface area contributed by atoms with Gasteiger partial charge in [0.05, 0.1) is 0 Å². The Morgan fingerprint density at radius 1 is 1.12 bits per heavy atom. The van der Waals surface area contributed by atoms with Gasteiger partial charge in [0.25, 0.3) is 0 Å². The molecule has 17 heavy (non-hydrogen) atoms. The Labute approximate surface area is 104 Å². The van der Waals surface area contributed by atoms with Crippen LogP contribution in [-0.4, -0.2) is 23.9 Å². The molecule has 0 bridgehead atoms. The topological polar surface area (TPSA) is 55.5 Å². The molecule has 1 unspecified atom stereocenters. The molecule has 1 atom stereocenters. The van der Waals surface area contributed by atoms with Crippen molar-refractivity contribution < 1.29 is 9.84 Å². The Morgan fingerprint density at radius 2 is 1.65 bits per heavy atom. The van der Waals surface area contributed by atoms with Crippen molar-refractivity contribution in [3.8, 4) is 5.75 Å². The van der Waals surface area contributed by atoms with Gasteiger partial charge in [0.1, 0.15) is 18.0 Å². The third-order valence-electron chi connectivity index (χ3n) is 2.71. The summed E-state index contributed by atoms with van der Waals surface area (Å²) < 4.78 is 5.50. The van der Waals surface area contributed by atoms with Gasteiger partial charge in [-0.05, 0) is 30.0 Å². The highest BCUT2D eigenvalue weighted by atomic mass is 16.5. The van der Waals surface area contributed by atoms with Gasteiger partial charge in [0.15, 0.2) is 0 Å². The first-order chi connectivity index (χ1) is 7.74. The van der Waals surface area contributed by atoms with Crippen molar-refractivity contribution in [1.82, 2.24) is 0 Å². The normalized spacial score (nSPS) is 15.4. The van der Waals surface area contributed by atoms with Crippen molar-refractivity contribution in [3.05, 3.63) is 29.8 Å². The Balaban J connectivity index is 2.64. The van der Waals surface area contributed by atoms with E-state index in [0.29, 0.717) is 0 Å². The van der Waals surface area contributed by atoms with Gasteiger partial charge in [0, 0.05) is 6.54 Å². The predicted molar refractivity (Wildman–Crippen MR) is 70.3 cm³/mol. The van der Waals surface area contributed by atoms with E-state index in [-0.39, 0.29) is 18.6 Å². The summed E-state index contributed by atoms with van der Waals surface area (Å²) in [5.74, 6) is 0.756. The van der Waals surface area contributed by atoms with Crippen molar-refractivity contribution >= 4 is 0 Å². The molecule has 1 aromatic carbocycles. The van der Waals surface area contributed by atoms with E-state index in [1.165, 1.54) is 5.56 Å². The molecule has 0 aliphatic carbocycles. The molecule has 96 valence electrons. The number of ether oxygens (including phenoxy) is 1. The molecule has 0 radical (unpaired) electrons. The quantitative estimate of drug-likeness (QED) is 0.843. The summed E-state index contributed by atoms with van der Waals surface area (Å²) in [7, 11) is 0. The lowest BCUT2D eigenvalue weighted by Gasteiger charge is -2.22. The second-order valence-corrected chi connectivity index (χ2v) is 5.76. The van der Waals surface area contributed by atoms with Crippen molar-refractivity contribution in [2.24, 2.45) is 5.73 Å². The maximum absolute atomic E-state index is 9.72. The van der Waals surface area contributed by atoms with Crippen LogP contribution in [0.15, 0.2) is 24.3 Å². The number of aliphatic hydroxyl groups is 1. The van der Waals surface area contributed by atoms with Crippen LogP contribution >= 0.6 is 0 Å². The van der Waals surface area contributed by atoms with E-state index in [1.54, 1.807) is 6.92 Å². The van der Waals surface area contributed by atoms with Gasteiger partial charge in [-0.25, -0.2) is 0 Å². The molecule has 0 saturated heterocycles. The van der Waals surface area contributed by atoms with Crippen LogP contribution in [-0.2, 0) is 5.41 Å². The summed E-state index contributed by atoms with van der Waals surface area (Å²) in [6, 6.07) is 7.94. The van der Waals surface area contributed by atoms with Crippen LogP contribution in [0.4, 0.5) is 0 Å². The molecular weight excluding hydrogens is 214 g/mol. The van der Waals surface area contributed by atoms with Crippen LogP contribution in [0.2, 0.25) is 0 Å². The standard InChI is InChI=1S/C14H23NO2/c1-13(2,3)11-5-7-12(8-6-11)17-10-14(4,16)9-15/h5-8,16H,9-10,15H2,1-4H3. The fourth-order valence-electron chi connectivity index (χ4n) is 1.35. The average Bonchev–Trinajstić information content (AvgIpc) is 2.26. The zero-order valence-corrected chi connectivity index (χ0v) is 11.2. The molecule has 0 aliphatic rings. The van der Waals surface area contributed by atoms with Gasteiger partial charge < -0.3 is 15.6 Å². The number of nitrogens with two attached hydrogens (primary N) is 1. The molecule has 0 spiro atoms. The first-order valence-corrected chi connectivity index (χ1v) is 5.90. The summed E-state index contributed by atoms with van der Waals surface area (Å²) >= 11 is 0. The number of hydrogen-bond donors (Lipinski definition) is 2. The maximum Gasteiger partial charge on any atom is 0.119 e. The molecule has 1 aromatic rings. The molecule has 0 aliphatic heterocycles. The van der Waals surface area contributed by atoms with Crippen LogP contribution in [0.25, 0.3) is 0 Å². The third-order valence-corrected chi connectivity index (χ3v) is 2.71. The van der Waals surface area contributed by atoms with Crippen LogP contribution in [0, 0.1) is 0 Å². The van der Waals surface area contributed by atoms with Gasteiger partial charge >= 0.3 is 0 Å². The first kappa shape index (κ1) is 14.0. The van der Waals surface area contributed by atoms with Crippen LogP contribution < -0.4 is 10.5 Å². The molecule has 0 fully saturated rings. The smallest absolute Gasteiger partial charge is 0.119 e. The molecule has 1 rings (SSSR count). The molecule has 0 heterocycles. The van der Waals surface area contributed by atoms with Gasteiger partial charge in [-0.3, -0.25) is 0 Å². The summed E-state index contributed by atoms with van der Waals surface area (Å²) in [6.45, 7) is 8.56. The maximum atomic E-state index is 9.72. The minimum absolute atomic E-state index is 0.140. The van der Waals surface area contributed by atoms with Gasteiger partial charge in [0.2, 0.25) is 0 Å². The summed E-state index contributed by atoms with van der Waals surface area (Å²) in [6.07, 6.45) is 0. The van der Waals surface area contributed by atoms with Crippen molar-refractivity contribution in [2.75, 3.05) is 13.2 Å². The Bertz CT molecular complexity index is 349. The van der Waals surface area contributed by atoms with E-state index in [4.69, 9.17) is 10.5 Å². The lowest BCUT2D eigenvalue weighted by Crippen LogP contribution is -2.40. The fraction of sp³-hybridized carbons (Fsp3) is 0.571. The molecule has 0 amide bonds. The molecular formula is C14H23NO2. The van der Waals surface area contributed by atoms with Gasteiger partial charge in [-0.15, -0.1) is 0 Å². The van der Waals surface area contributed by atoms with Crippen LogP contribution in [0.5, 0.6) is 5.75 Å². The first-order valence-electron chi connectivity index (χ1n) is 5.90. The van der Waals surface area contributed by atoms with E-state index >= 15 is 0 Å². The fourth-order valence-corrected chi connectivity index (χ4v) is 1.35. The molecule has 3 nitrogen and oxygen atoms in total. The van der Waals surface area contributed by atoms with Gasteiger partial charge in [-0.1, -0.05) is 32.9 Å². The van der Waals surface area contributed by atoms with E-state index < -0.39 is 5.60 Å². The van der Waals surface area contributed by atoms with E-state index in [1.807, 2.05) is 24.3 Å². The largest absolute Gasteiger partial charge is 0.491 e. The average molecular weight is 237 g/mol. The molecule has 0 saturated carbocycles. The van der Waals surface area contributed by atoms with Crippen molar-refractivity contribution in [3.63, 3.8) is 0 Å². The number of hydrogen-bond acceptors (Lipinski definition) is 3. The number of benzene rings is 1. The minimum atomic E-state index is -0.970. The molecule has 0 aromatic heterocycles. The summed E-state index contributed by atoms with van der Waals surface area (Å²) in [4.78, 5) is 0. The number of rotatable bonds is 4. The highest BCUT2D eigenvalue weighted by molar-refractivity contribution is 5.31. The molecule has 3 N–H and O–H groups in total. The molecule has 3 heteroatoms. The van der Waals surface area contributed by atoms with Crippen molar-refractivity contribution in [2.45, 2.75) is 38.7 Å². The predicted octanol–water partition coefficient (Wildman–Crippen LogP) is 2.07. The lowest BCUT2D eigenvalue weighted by molar-refractivity contribution is 0.0195. The minimum Gasteiger partial charge on any atom is -0.491 e. The summed E-state index contributed by atoms with van der Waals surface area (Å²) in [5, 5.41) is 9.72. The Hall–Kier alpha value is -1.06. The second-order valence-electron chi connectivity index (χ2n) is 5.76.